The first-order valence-electron chi connectivity index (χ1n) is 4.87. The van der Waals surface area contributed by atoms with Gasteiger partial charge >= 0.3 is 0 Å². The van der Waals surface area contributed by atoms with E-state index in [9.17, 15) is 0 Å². The van der Waals surface area contributed by atoms with Gasteiger partial charge in [0.1, 0.15) is 0 Å². The van der Waals surface area contributed by atoms with Gasteiger partial charge in [0.15, 0.2) is 4.84 Å². The fraction of sp³-hybridized carbons (Fsp3) is 0.455. The van der Waals surface area contributed by atoms with Crippen molar-refractivity contribution in [2.45, 2.75) is 17.0 Å². The molecule has 0 saturated carbocycles. The standard InChI is InChI=1S/C11H12Cl2O2/c12-10(13)11(14-7-4-8-15-11)9-5-2-1-3-6-9/h1-3,5-6,10H,4,7-8H2. The molecule has 1 aromatic rings. The molecule has 0 bridgehead atoms. The summed E-state index contributed by atoms with van der Waals surface area (Å²) in [6, 6.07) is 9.56. The van der Waals surface area contributed by atoms with Gasteiger partial charge in [-0.25, -0.2) is 0 Å². The highest BCUT2D eigenvalue weighted by Crippen LogP contribution is 2.38. The predicted octanol–water partition coefficient (Wildman–Crippen LogP) is 3.08. The number of hydrogen-bond acceptors (Lipinski definition) is 2. The van der Waals surface area contributed by atoms with E-state index in [0.717, 1.165) is 12.0 Å². The zero-order valence-electron chi connectivity index (χ0n) is 8.16. The second-order valence-corrected chi connectivity index (χ2v) is 4.48. The van der Waals surface area contributed by atoms with Crippen LogP contribution in [0.5, 0.6) is 0 Å². The van der Waals surface area contributed by atoms with Crippen molar-refractivity contribution >= 4 is 23.2 Å². The minimum atomic E-state index is -0.997. The van der Waals surface area contributed by atoms with Crippen LogP contribution < -0.4 is 0 Å². The first-order chi connectivity index (χ1) is 7.26. The summed E-state index contributed by atoms with van der Waals surface area (Å²) in [5.41, 5.74) is 0.861. The molecule has 82 valence electrons. The van der Waals surface area contributed by atoms with Gasteiger partial charge in [-0.3, -0.25) is 0 Å². The van der Waals surface area contributed by atoms with Gasteiger partial charge in [-0.2, -0.15) is 0 Å². The molecule has 0 amide bonds. The molecular weight excluding hydrogens is 235 g/mol. The van der Waals surface area contributed by atoms with Crippen LogP contribution in [0.2, 0.25) is 0 Å². The molecule has 0 atom stereocenters. The number of alkyl halides is 2. The molecular formula is C11H12Cl2O2. The van der Waals surface area contributed by atoms with Gasteiger partial charge in [0.25, 0.3) is 0 Å². The van der Waals surface area contributed by atoms with Crippen molar-refractivity contribution in [3.63, 3.8) is 0 Å². The molecule has 15 heavy (non-hydrogen) atoms. The summed E-state index contributed by atoms with van der Waals surface area (Å²) < 4.78 is 11.3. The minimum Gasteiger partial charge on any atom is -0.344 e. The SMILES string of the molecule is ClC(Cl)C1(c2ccccc2)OCCCO1. The van der Waals surface area contributed by atoms with E-state index in [1.807, 2.05) is 30.3 Å². The first-order valence-corrected chi connectivity index (χ1v) is 5.74. The van der Waals surface area contributed by atoms with Crippen LogP contribution >= 0.6 is 23.2 Å². The number of benzene rings is 1. The molecule has 1 aliphatic heterocycles. The first kappa shape index (κ1) is 11.2. The Morgan fingerprint density at radius 3 is 2.20 bits per heavy atom. The third-order valence-electron chi connectivity index (χ3n) is 2.39. The molecule has 2 nitrogen and oxygen atoms in total. The van der Waals surface area contributed by atoms with Crippen LogP contribution in [0.3, 0.4) is 0 Å². The highest BCUT2D eigenvalue weighted by molar-refractivity contribution is 6.45. The largest absolute Gasteiger partial charge is 0.344 e. The zero-order valence-corrected chi connectivity index (χ0v) is 9.67. The van der Waals surface area contributed by atoms with Crippen LogP contribution in [0.1, 0.15) is 12.0 Å². The summed E-state index contributed by atoms with van der Waals surface area (Å²) >= 11 is 11.9. The van der Waals surface area contributed by atoms with Crippen LogP contribution in [0, 0.1) is 0 Å². The Bertz CT molecular complexity index is 308. The van der Waals surface area contributed by atoms with Crippen molar-refractivity contribution in [3.8, 4) is 0 Å². The van der Waals surface area contributed by atoms with E-state index in [4.69, 9.17) is 32.7 Å². The van der Waals surface area contributed by atoms with E-state index >= 15 is 0 Å². The zero-order chi connectivity index (χ0) is 10.7. The maximum atomic E-state index is 5.96. The van der Waals surface area contributed by atoms with Crippen LogP contribution in [-0.2, 0) is 15.3 Å². The van der Waals surface area contributed by atoms with E-state index in [2.05, 4.69) is 0 Å². The fourth-order valence-electron chi connectivity index (χ4n) is 1.64. The van der Waals surface area contributed by atoms with Gasteiger partial charge in [0.2, 0.25) is 5.79 Å². The molecule has 0 aliphatic carbocycles. The Labute approximate surface area is 99.1 Å². The fourth-order valence-corrected chi connectivity index (χ4v) is 2.14. The number of halogens is 2. The molecule has 0 radical (unpaired) electrons. The lowest BCUT2D eigenvalue weighted by Crippen LogP contribution is -2.43. The topological polar surface area (TPSA) is 18.5 Å². The van der Waals surface area contributed by atoms with Crippen LogP contribution in [0.4, 0.5) is 0 Å². The average molecular weight is 247 g/mol. The van der Waals surface area contributed by atoms with Gasteiger partial charge in [-0.05, 0) is 6.42 Å². The third kappa shape index (κ3) is 2.13. The van der Waals surface area contributed by atoms with Crippen molar-refractivity contribution in [1.29, 1.82) is 0 Å². The number of hydrogen-bond donors (Lipinski definition) is 0. The summed E-state index contributed by atoms with van der Waals surface area (Å²) in [6.07, 6.45) is 0.870. The van der Waals surface area contributed by atoms with Crippen molar-refractivity contribution < 1.29 is 9.47 Å². The quantitative estimate of drug-likeness (QED) is 0.747. The minimum absolute atomic E-state index is 0.616. The molecule has 1 saturated heterocycles. The monoisotopic (exact) mass is 246 g/mol. The Balaban J connectivity index is 2.34. The Morgan fingerprint density at radius 1 is 1.07 bits per heavy atom. The summed E-state index contributed by atoms with van der Waals surface area (Å²) in [5.74, 6) is -0.997. The van der Waals surface area contributed by atoms with E-state index < -0.39 is 10.6 Å². The van der Waals surface area contributed by atoms with Crippen molar-refractivity contribution in [2.24, 2.45) is 0 Å². The predicted molar refractivity (Wildman–Crippen MR) is 60.1 cm³/mol. The van der Waals surface area contributed by atoms with Gasteiger partial charge in [-0.1, -0.05) is 53.5 Å². The van der Waals surface area contributed by atoms with Crippen LogP contribution in [0.25, 0.3) is 0 Å². The van der Waals surface area contributed by atoms with Gasteiger partial charge in [0.05, 0.1) is 13.2 Å². The highest BCUT2D eigenvalue weighted by Gasteiger charge is 2.43. The normalized spacial score (nSPS) is 20.5. The summed E-state index contributed by atoms with van der Waals surface area (Å²) in [5, 5.41) is 0. The smallest absolute Gasteiger partial charge is 0.226 e. The molecule has 0 N–H and O–H groups in total. The van der Waals surface area contributed by atoms with E-state index in [1.54, 1.807) is 0 Å². The lowest BCUT2D eigenvalue weighted by atomic mass is 10.1. The van der Waals surface area contributed by atoms with E-state index in [0.29, 0.717) is 13.2 Å². The molecule has 0 aromatic heterocycles. The van der Waals surface area contributed by atoms with E-state index in [1.165, 1.54) is 0 Å². The molecule has 4 heteroatoms. The van der Waals surface area contributed by atoms with Crippen molar-refractivity contribution in [1.82, 2.24) is 0 Å². The maximum Gasteiger partial charge on any atom is 0.226 e. The van der Waals surface area contributed by atoms with Crippen LogP contribution in [-0.4, -0.2) is 18.1 Å². The Hall–Kier alpha value is -0.280. The van der Waals surface area contributed by atoms with Gasteiger partial charge < -0.3 is 9.47 Å². The van der Waals surface area contributed by atoms with Crippen molar-refractivity contribution in [2.75, 3.05) is 13.2 Å². The molecule has 0 unspecified atom stereocenters. The van der Waals surface area contributed by atoms with E-state index in [-0.39, 0.29) is 0 Å². The molecule has 1 aliphatic rings. The average Bonchev–Trinajstić information content (AvgIpc) is 2.31. The molecule has 1 heterocycles. The second-order valence-electron chi connectivity index (χ2n) is 3.38. The summed E-state index contributed by atoms with van der Waals surface area (Å²) in [4.78, 5) is -0.736. The van der Waals surface area contributed by atoms with Gasteiger partial charge in [-0.15, -0.1) is 0 Å². The molecule has 2 rings (SSSR count). The molecule has 1 aromatic carbocycles. The Kier molecular flexibility index (Phi) is 3.52. The molecule has 0 spiro atoms. The lowest BCUT2D eigenvalue weighted by Gasteiger charge is -2.38. The number of ether oxygens (including phenoxy) is 2. The summed E-state index contributed by atoms with van der Waals surface area (Å²) in [6.45, 7) is 1.23. The Morgan fingerprint density at radius 2 is 1.67 bits per heavy atom. The maximum absolute atomic E-state index is 5.96. The van der Waals surface area contributed by atoms with Crippen LogP contribution in [0.15, 0.2) is 30.3 Å². The molecule has 1 fully saturated rings. The van der Waals surface area contributed by atoms with Gasteiger partial charge in [0, 0.05) is 5.56 Å². The third-order valence-corrected chi connectivity index (χ3v) is 2.96. The van der Waals surface area contributed by atoms with Crippen molar-refractivity contribution in [3.05, 3.63) is 35.9 Å². The lowest BCUT2D eigenvalue weighted by molar-refractivity contribution is -0.268. The second kappa shape index (κ2) is 4.71. The summed E-state index contributed by atoms with van der Waals surface area (Å²) in [7, 11) is 0. The number of rotatable bonds is 2. The highest BCUT2D eigenvalue weighted by atomic mass is 35.5.